The number of hydrogen-bond acceptors (Lipinski definition) is 5. The Morgan fingerprint density at radius 1 is 1.12 bits per heavy atom. The highest BCUT2D eigenvalue weighted by molar-refractivity contribution is 7.99. The third-order valence-corrected chi connectivity index (χ3v) is 4.18. The average molecular weight is 376 g/mol. The zero-order valence-corrected chi connectivity index (χ0v) is 14.7. The number of carbonyl (C=O) groups is 1. The minimum absolute atomic E-state index is 0.0471. The number of amides is 1. The second kappa shape index (κ2) is 9.60. The topological polar surface area (TPSA) is 96.3 Å². The highest BCUT2D eigenvalue weighted by Crippen LogP contribution is 2.16. The van der Waals surface area contributed by atoms with E-state index in [0.29, 0.717) is 5.69 Å². The van der Waals surface area contributed by atoms with Crippen LogP contribution in [0.25, 0.3) is 0 Å². The van der Waals surface area contributed by atoms with Gasteiger partial charge in [-0.3, -0.25) is 25.8 Å². The Balaban J connectivity index is 1.69. The molecule has 2 aromatic rings. The molecule has 0 saturated carbocycles. The van der Waals surface area contributed by atoms with E-state index < -0.39 is 4.92 Å². The fraction of sp³-hybridized carbons (Fsp3) is 0.125. The second-order valence-electron chi connectivity index (χ2n) is 4.91. The monoisotopic (exact) mass is 376 g/mol. The number of anilines is 1. The van der Waals surface area contributed by atoms with Crippen molar-refractivity contribution in [1.82, 2.24) is 10.9 Å². The van der Waals surface area contributed by atoms with Crippen LogP contribution in [-0.4, -0.2) is 21.7 Å². The van der Waals surface area contributed by atoms with Gasteiger partial charge in [-0.1, -0.05) is 36.4 Å². The van der Waals surface area contributed by atoms with Crippen LogP contribution in [0.3, 0.4) is 0 Å². The summed E-state index contributed by atoms with van der Waals surface area (Å²) < 4.78 is 0. The van der Waals surface area contributed by atoms with E-state index in [9.17, 15) is 14.9 Å². The van der Waals surface area contributed by atoms with E-state index >= 15 is 0 Å². The molecule has 0 spiro atoms. The number of non-ortho nitro benzene ring substituents is 1. The number of hydrazine groups is 1. The Kier molecular flexibility index (Phi) is 7.17. The molecule has 0 aliphatic rings. The molecule has 0 saturated heterocycles. The summed E-state index contributed by atoms with van der Waals surface area (Å²) in [5.41, 5.74) is 6.60. The molecular weight excluding hydrogens is 360 g/mol. The smallest absolute Gasteiger partial charge is 0.271 e. The molecule has 25 heavy (non-hydrogen) atoms. The van der Waals surface area contributed by atoms with E-state index in [4.69, 9.17) is 12.2 Å². The Labute approximate surface area is 154 Å². The van der Waals surface area contributed by atoms with Crippen LogP contribution in [-0.2, 0) is 10.5 Å². The number of nitro groups is 1. The fourth-order valence-corrected chi connectivity index (χ4v) is 2.81. The summed E-state index contributed by atoms with van der Waals surface area (Å²) in [6.07, 6.45) is 0. The molecule has 9 heteroatoms. The number of thioether (sulfide) groups is 1. The molecule has 0 aliphatic carbocycles. The molecule has 3 N–H and O–H groups in total. The lowest BCUT2D eigenvalue weighted by atomic mass is 10.2. The van der Waals surface area contributed by atoms with Crippen LogP contribution in [0, 0.1) is 10.1 Å². The zero-order chi connectivity index (χ0) is 18.1. The molecule has 1 amide bonds. The molecule has 0 fully saturated rings. The van der Waals surface area contributed by atoms with Crippen molar-refractivity contribution in [3.8, 4) is 0 Å². The third kappa shape index (κ3) is 6.77. The van der Waals surface area contributed by atoms with Gasteiger partial charge in [-0.15, -0.1) is 11.8 Å². The van der Waals surface area contributed by atoms with Gasteiger partial charge in [0.2, 0.25) is 5.91 Å². The minimum Gasteiger partial charge on any atom is -0.331 e. The van der Waals surface area contributed by atoms with E-state index in [2.05, 4.69) is 16.2 Å². The fourth-order valence-electron chi connectivity index (χ4n) is 1.86. The van der Waals surface area contributed by atoms with E-state index in [1.807, 2.05) is 30.3 Å². The summed E-state index contributed by atoms with van der Waals surface area (Å²) in [4.78, 5) is 22.0. The van der Waals surface area contributed by atoms with E-state index in [-0.39, 0.29) is 22.5 Å². The summed E-state index contributed by atoms with van der Waals surface area (Å²) in [7, 11) is 0. The van der Waals surface area contributed by atoms with E-state index in [0.717, 1.165) is 11.3 Å². The van der Waals surface area contributed by atoms with Gasteiger partial charge in [0.05, 0.1) is 10.7 Å². The maximum absolute atomic E-state index is 11.8. The molecule has 2 rings (SSSR count). The Morgan fingerprint density at radius 3 is 2.60 bits per heavy atom. The number of benzene rings is 2. The van der Waals surface area contributed by atoms with Crippen molar-refractivity contribution in [2.45, 2.75) is 5.75 Å². The normalized spacial score (nSPS) is 9.92. The number of hydrogen-bond donors (Lipinski definition) is 3. The van der Waals surface area contributed by atoms with Crippen LogP contribution in [0.1, 0.15) is 5.56 Å². The molecule has 2 aromatic carbocycles. The standard InChI is InChI=1S/C16H16N4O3S2/c21-15(11-25-10-12-5-2-1-3-6-12)18-19-16(24)17-13-7-4-8-14(9-13)20(22)23/h1-9H,10-11H2,(H,18,21)(H2,17,19,24). The molecule has 0 atom stereocenters. The molecule has 0 bridgehead atoms. The first kappa shape index (κ1) is 18.7. The molecule has 0 heterocycles. The minimum atomic E-state index is -0.493. The van der Waals surface area contributed by atoms with Gasteiger partial charge < -0.3 is 5.32 Å². The van der Waals surface area contributed by atoms with Gasteiger partial charge in [-0.2, -0.15) is 0 Å². The Hall–Kier alpha value is -2.65. The van der Waals surface area contributed by atoms with Crippen molar-refractivity contribution in [3.05, 3.63) is 70.3 Å². The van der Waals surface area contributed by atoms with E-state index in [1.54, 1.807) is 12.1 Å². The molecule has 130 valence electrons. The SMILES string of the molecule is O=C(CSCc1ccccc1)NNC(=S)Nc1cccc([N+](=O)[O-])c1. The van der Waals surface area contributed by atoms with Crippen molar-refractivity contribution in [2.75, 3.05) is 11.1 Å². The van der Waals surface area contributed by atoms with Crippen molar-refractivity contribution in [2.24, 2.45) is 0 Å². The van der Waals surface area contributed by atoms with Crippen molar-refractivity contribution < 1.29 is 9.72 Å². The highest BCUT2D eigenvalue weighted by atomic mass is 32.2. The van der Waals surface area contributed by atoms with Gasteiger partial charge >= 0.3 is 0 Å². The summed E-state index contributed by atoms with van der Waals surface area (Å²) in [5.74, 6) is 0.801. The second-order valence-corrected chi connectivity index (χ2v) is 6.31. The molecule has 0 aromatic heterocycles. The van der Waals surface area contributed by atoms with Crippen molar-refractivity contribution in [3.63, 3.8) is 0 Å². The molecule has 0 unspecified atom stereocenters. The van der Waals surface area contributed by atoms with Crippen LogP contribution in [0.2, 0.25) is 0 Å². The van der Waals surface area contributed by atoms with Gasteiger partial charge in [0.25, 0.3) is 5.69 Å². The number of nitro benzene ring substituents is 1. The van der Waals surface area contributed by atoms with Gasteiger partial charge in [0.1, 0.15) is 0 Å². The largest absolute Gasteiger partial charge is 0.331 e. The van der Waals surface area contributed by atoms with Crippen LogP contribution >= 0.6 is 24.0 Å². The van der Waals surface area contributed by atoms with Crippen LogP contribution < -0.4 is 16.2 Å². The Morgan fingerprint density at radius 2 is 1.88 bits per heavy atom. The lowest BCUT2D eigenvalue weighted by Crippen LogP contribution is -2.44. The van der Waals surface area contributed by atoms with Gasteiger partial charge in [0.15, 0.2) is 5.11 Å². The number of nitrogens with one attached hydrogen (secondary N) is 3. The first-order valence-electron chi connectivity index (χ1n) is 7.26. The summed E-state index contributed by atoms with van der Waals surface area (Å²) in [6.45, 7) is 0. The molecule has 0 aliphatic heterocycles. The summed E-state index contributed by atoms with van der Waals surface area (Å²) >= 11 is 6.52. The lowest BCUT2D eigenvalue weighted by Gasteiger charge is -2.11. The van der Waals surface area contributed by atoms with Crippen molar-refractivity contribution >= 4 is 46.4 Å². The summed E-state index contributed by atoms with van der Waals surface area (Å²) in [5, 5.41) is 13.6. The molecule has 7 nitrogen and oxygen atoms in total. The Bertz CT molecular complexity index is 756. The maximum Gasteiger partial charge on any atom is 0.271 e. The first-order valence-corrected chi connectivity index (χ1v) is 8.83. The number of nitrogens with zero attached hydrogens (tertiary/aromatic N) is 1. The van der Waals surface area contributed by atoms with Gasteiger partial charge in [-0.05, 0) is 23.8 Å². The predicted octanol–water partition coefficient (Wildman–Crippen LogP) is 2.85. The quantitative estimate of drug-likeness (QED) is 0.405. The van der Waals surface area contributed by atoms with Crippen LogP contribution in [0.15, 0.2) is 54.6 Å². The van der Waals surface area contributed by atoms with E-state index in [1.165, 1.54) is 23.9 Å². The van der Waals surface area contributed by atoms with Crippen molar-refractivity contribution in [1.29, 1.82) is 0 Å². The third-order valence-electron chi connectivity index (χ3n) is 2.98. The highest BCUT2D eigenvalue weighted by Gasteiger charge is 2.07. The number of thiocarbonyl (C=S) groups is 1. The number of carbonyl (C=O) groups excluding carboxylic acids is 1. The molecular formula is C16H16N4O3S2. The lowest BCUT2D eigenvalue weighted by molar-refractivity contribution is -0.384. The first-order chi connectivity index (χ1) is 12.0. The maximum atomic E-state index is 11.8. The van der Waals surface area contributed by atoms with Crippen LogP contribution in [0.5, 0.6) is 0 Å². The zero-order valence-electron chi connectivity index (χ0n) is 13.1. The molecule has 0 radical (unpaired) electrons. The van der Waals surface area contributed by atoms with Gasteiger partial charge in [-0.25, -0.2) is 0 Å². The van der Waals surface area contributed by atoms with Crippen LogP contribution in [0.4, 0.5) is 11.4 Å². The predicted molar refractivity (Wildman–Crippen MR) is 103 cm³/mol. The summed E-state index contributed by atoms with van der Waals surface area (Å²) in [6, 6.07) is 15.8. The van der Waals surface area contributed by atoms with Gasteiger partial charge in [0, 0.05) is 23.6 Å². The average Bonchev–Trinajstić information content (AvgIpc) is 2.61. The number of rotatable bonds is 6.